The Morgan fingerprint density at radius 3 is 2.65 bits per heavy atom. The second-order valence-corrected chi connectivity index (χ2v) is 4.21. The van der Waals surface area contributed by atoms with Crippen molar-refractivity contribution in [1.82, 2.24) is 10.6 Å². The largest absolute Gasteiger partial charge is 0.340 e. The average molecular weight is 231 g/mol. The second kappa shape index (κ2) is 4.99. The average Bonchev–Trinajstić information content (AvgIpc) is 2.69. The molecule has 0 radical (unpaired) electrons. The maximum atomic E-state index is 11.8. The lowest BCUT2D eigenvalue weighted by molar-refractivity contribution is -0.120. The van der Waals surface area contributed by atoms with Gasteiger partial charge in [-0.25, -0.2) is 0 Å². The van der Waals surface area contributed by atoms with Gasteiger partial charge >= 0.3 is 0 Å². The van der Waals surface area contributed by atoms with Crippen molar-refractivity contribution in [3.05, 3.63) is 35.4 Å². The van der Waals surface area contributed by atoms with E-state index in [0.29, 0.717) is 5.96 Å². The van der Waals surface area contributed by atoms with Gasteiger partial charge in [0.25, 0.3) is 5.91 Å². The molecule has 2 rings (SSSR count). The normalized spacial score (nSPS) is 21.4. The number of benzene rings is 1. The van der Waals surface area contributed by atoms with Crippen LogP contribution in [0.25, 0.3) is 0 Å². The van der Waals surface area contributed by atoms with E-state index in [-0.39, 0.29) is 11.9 Å². The zero-order valence-electron chi connectivity index (χ0n) is 10.2. The first kappa shape index (κ1) is 11.6. The van der Waals surface area contributed by atoms with E-state index in [1.807, 2.05) is 31.2 Å². The molecule has 2 N–H and O–H groups in total. The molecule has 1 amide bonds. The predicted octanol–water partition coefficient (Wildman–Crippen LogP) is 1.52. The highest BCUT2D eigenvalue weighted by Gasteiger charge is 2.29. The Morgan fingerprint density at radius 1 is 1.29 bits per heavy atom. The standard InChI is InChI=1S/C13H17N3O/c1-3-8-14-13-15-11(12(17)16-13)10-6-4-9(2)5-7-10/h4-7,11H,3,8H2,1-2H3,(H2,14,15,16,17). The minimum absolute atomic E-state index is 0.0382. The minimum atomic E-state index is -0.314. The molecule has 90 valence electrons. The summed E-state index contributed by atoms with van der Waals surface area (Å²) in [6, 6.07) is 7.63. The number of rotatable bonds is 3. The maximum Gasteiger partial charge on any atom is 0.253 e. The van der Waals surface area contributed by atoms with Gasteiger partial charge in [-0.05, 0) is 18.9 Å². The fourth-order valence-corrected chi connectivity index (χ4v) is 1.73. The second-order valence-electron chi connectivity index (χ2n) is 4.21. The highest BCUT2D eigenvalue weighted by Crippen LogP contribution is 2.16. The number of carbonyl (C=O) groups excluding carboxylic acids is 1. The highest BCUT2D eigenvalue weighted by molar-refractivity contribution is 6.06. The number of hydrogen-bond acceptors (Lipinski definition) is 2. The third-order valence-electron chi connectivity index (χ3n) is 2.69. The lowest BCUT2D eigenvalue weighted by Crippen LogP contribution is -2.25. The molecule has 4 nitrogen and oxygen atoms in total. The van der Waals surface area contributed by atoms with E-state index in [0.717, 1.165) is 18.5 Å². The summed E-state index contributed by atoms with van der Waals surface area (Å²) in [7, 11) is 0. The summed E-state index contributed by atoms with van der Waals surface area (Å²) in [5, 5.41) is 5.85. The van der Waals surface area contributed by atoms with E-state index in [1.165, 1.54) is 5.56 Å². The number of nitrogens with one attached hydrogen (secondary N) is 2. The predicted molar refractivity (Wildman–Crippen MR) is 67.8 cm³/mol. The number of hydrogen-bond donors (Lipinski definition) is 2. The first-order valence-corrected chi connectivity index (χ1v) is 5.89. The van der Waals surface area contributed by atoms with Gasteiger partial charge in [-0.15, -0.1) is 0 Å². The molecule has 0 spiro atoms. The summed E-state index contributed by atoms with van der Waals surface area (Å²) in [6.07, 6.45) is 0.969. The number of amides is 1. The van der Waals surface area contributed by atoms with Crippen LogP contribution in [-0.2, 0) is 4.79 Å². The molecule has 1 aliphatic rings. The molecule has 1 heterocycles. The van der Waals surface area contributed by atoms with Crippen LogP contribution in [0.1, 0.15) is 30.5 Å². The maximum absolute atomic E-state index is 11.8. The minimum Gasteiger partial charge on any atom is -0.340 e. The molecule has 1 saturated heterocycles. The molecule has 1 aromatic carbocycles. The van der Waals surface area contributed by atoms with E-state index in [9.17, 15) is 4.79 Å². The van der Waals surface area contributed by atoms with Crippen LogP contribution >= 0.6 is 0 Å². The molecule has 0 aliphatic carbocycles. The van der Waals surface area contributed by atoms with E-state index in [2.05, 4.69) is 22.5 Å². The molecular formula is C13H17N3O. The molecule has 1 fully saturated rings. The van der Waals surface area contributed by atoms with Crippen molar-refractivity contribution in [3.8, 4) is 0 Å². The zero-order chi connectivity index (χ0) is 12.3. The summed E-state index contributed by atoms with van der Waals surface area (Å²) >= 11 is 0. The summed E-state index contributed by atoms with van der Waals surface area (Å²) in [5.41, 5.74) is 2.15. The Kier molecular flexibility index (Phi) is 3.42. The topological polar surface area (TPSA) is 53.5 Å². The first-order valence-electron chi connectivity index (χ1n) is 5.89. The molecule has 1 unspecified atom stereocenters. The van der Waals surface area contributed by atoms with Gasteiger partial charge in [-0.1, -0.05) is 36.8 Å². The van der Waals surface area contributed by atoms with Crippen molar-refractivity contribution in [1.29, 1.82) is 0 Å². The molecule has 0 saturated carbocycles. The van der Waals surface area contributed by atoms with Crippen LogP contribution in [0.5, 0.6) is 0 Å². The summed E-state index contributed by atoms with van der Waals surface area (Å²) in [5.74, 6) is 0.547. The van der Waals surface area contributed by atoms with Crippen molar-refractivity contribution >= 4 is 11.9 Å². The number of carbonyl (C=O) groups is 1. The lowest BCUT2D eigenvalue weighted by atomic mass is 10.1. The molecule has 0 bridgehead atoms. The molecule has 4 heteroatoms. The Balaban J connectivity index is 2.13. The van der Waals surface area contributed by atoms with Gasteiger partial charge in [0.1, 0.15) is 6.04 Å². The molecular weight excluding hydrogens is 214 g/mol. The van der Waals surface area contributed by atoms with E-state index in [4.69, 9.17) is 0 Å². The van der Waals surface area contributed by atoms with Gasteiger partial charge in [0.2, 0.25) is 0 Å². The fraction of sp³-hybridized carbons (Fsp3) is 0.385. The van der Waals surface area contributed by atoms with Crippen molar-refractivity contribution in [2.45, 2.75) is 26.3 Å². The van der Waals surface area contributed by atoms with Crippen LogP contribution in [0.2, 0.25) is 0 Å². The van der Waals surface area contributed by atoms with Gasteiger partial charge in [-0.3, -0.25) is 15.1 Å². The van der Waals surface area contributed by atoms with Gasteiger partial charge in [-0.2, -0.15) is 0 Å². The molecule has 17 heavy (non-hydrogen) atoms. The van der Waals surface area contributed by atoms with Gasteiger partial charge in [0.15, 0.2) is 5.96 Å². The van der Waals surface area contributed by atoms with E-state index in [1.54, 1.807) is 0 Å². The van der Waals surface area contributed by atoms with Gasteiger partial charge < -0.3 is 5.32 Å². The molecule has 1 atom stereocenters. The molecule has 0 aromatic heterocycles. The fourth-order valence-electron chi connectivity index (χ4n) is 1.73. The molecule has 1 aliphatic heterocycles. The number of guanidine groups is 1. The smallest absolute Gasteiger partial charge is 0.253 e. The zero-order valence-corrected chi connectivity index (χ0v) is 10.2. The van der Waals surface area contributed by atoms with Crippen LogP contribution in [0, 0.1) is 6.92 Å². The quantitative estimate of drug-likeness (QED) is 0.828. The highest BCUT2D eigenvalue weighted by atomic mass is 16.2. The summed E-state index contributed by atoms with van der Waals surface area (Å²) < 4.78 is 0. The van der Waals surface area contributed by atoms with Crippen LogP contribution in [-0.4, -0.2) is 18.4 Å². The van der Waals surface area contributed by atoms with Gasteiger partial charge in [0.05, 0.1) is 0 Å². The Hall–Kier alpha value is -1.84. The third-order valence-corrected chi connectivity index (χ3v) is 2.69. The Labute approximate surface area is 101 Å². The Bertz CT molecular complexity index is 436. The van der Waals surface area contributed by atoms with Gasteiger partial charge in [0, 0.05) is 6.54 Å². The number of nitrogens with zero attached hydrogens (tertiary/aromatic N) is 1. The SMILES string of the molecule is CCCN=C1NC(=O)C(c2ccc(C)cc2)N1. The Morgan fingerprint density at radius 2 is 2.00 bits per heavy atom. The third kappa shape index (κ3) is 2.64. The van der Waals surface area contributed by atoms with Crippen LogP contribution < -0.4 is 10.6 Å². The van der Waals surface area contributed by atoms with E-state index < -0.39 is 0 Å². The first-order chi connectivity index (χ1) is 8.20. The number of aryl methyl sites for hydroxylation is 1. The summed E-state index contributed by atoms with van der Waals surface area (Å²) in [6.45, 7) is 4.81. The summed E-state index contributed by atoms with van der Waals surface area (Å²) in [4.78, 5) is 16.0. The van der Waals surface area contributed by atoms with Crippen molar-refractivity contribution in [2.75, 3.05) is 6.54 Å². The van der Waals surface area contributed by atoms with Crippen molar-refractivity contribution < 1.29 is 4.79 Å². The van der Waals surface area contributed by atoms with Crippen LogP contribution in [0.3, 0.4) is 0 Å². The lowest BCUT2D eigenvalue weighted by Gasteiger charge is -2.08. The van der Waals surface area contributed by atoms with Crippen LogP contribution in [0.4, 0.5) is 0 Å². The van der Waals surface area contributed by atoms with Crippen molar-refractivity contribution in [2.24, 2.45) is 4.99 Å². The van der Waals surface area contributed by atoms with E-state index >= 15 is 0 Å². The van der Waals surface area contributed by atoms with Crippen molar-refractivity contribution in [3.63, 3.8) is 0 Å². The monoisotopic (exact) mass is 231 g/mol. The molecule has 1 aromatic rings. The number of aliphatic imine (C=N–C) groups is 1. The van der Waals surface area contributed by atoms with Crippen LogP contribution in [0.15, 0.2) is 29.3 Å².